The maximum atomic E-state index is 11.9. The van der Waals surface area contributed by atoms with Gasteiger partial charge >= 0.3 is 0 Å². The summed E-state index contributed by atoms with van der Waals surface area (Å²) in [4.78, 5) is 11.9. The van der Waals surface area contributed by atoms with E-state index in [1.807, 2.05) is 0 Å². The highest BCUT2D eigenvalue weighted by atomic mass is 35.5. The Labute approximate surface area is 116 Å². The molecule has 1 aliphatic carbocycles. The van der Waals surface area contributed by atoms with Gasteiger partial charge in [0.05, 0.1) is 12.0 Å². The van der Waals surface area contributed by atoms with Gasteiger partial charge in [0.15, 0.2) is 0 Å². The Bertz CT molecular complexity index is 243. The number of methoxy groups -OCH3 is 1. The molecule has 106 valence electrons. The van der Waals surface area contributed by atoms with E-state index in [0.29, 0.717) is 18.2 Å². The molecule has 0 aliphatic heterocycles. The van der Waals surface area contributed by atoms with Gasteiger partial charge in [0.2, 0.25) is 5.91 Å². The smallest absolute Gasteiger partial charge is 0.222 e. The third-order valence-electron chi connectivity index (χ3n) is 3.98. The van der Waals surface area contributed by atoms with Crippen molar-refractivity contribution in [3.63, 3.8) is 0 Å². The summed E-state index contributed by atoms with van der Waals surface area (Å²) in [6, 6.07) is 0. The minimum Gasteiger partial charge on any atom is -0.378 e. The maximum absolute atomic E-state index is 11.9. The van der Waals surface area contributed by atoms with E-state index in [-0.39, 0.29) is 11.5 Å². The Hall–Kier alpha value is -0.280. The first kappa shape index (κ1) is 15.8. The third-order valence-corrected chi connectivity index (χ3v) is 4.20. The minimum atomic E-state index is -0.170. The Morgan fingerprint density at radius 2 is 2.17 bits per heavy atom. The van der Waals surface area contributed by atoms with Crippen LogP contribution in [0.5, 0.6) is 0 Å². The van der Waals surface area contributed by atoms with Crippen molar-refractivity contribution in [2.45, 2.75) is 57.5 Å². The first-order valence-electron chi connectivity index (χ1n) is 7.03. The first-order valence-corrected chi connectivity index (χ1v) is 7.57. The van der Waals surface area contributed by atoms with Crippen molar-refractivity contribution in [3.8, 4) is 0 Å². The fraction of sp³-hybridized carbons (Fsp3) is 0.929. The van der Waals surface area contributed by atoms with E-state index in [4.69, 9.17) is 16.3 Å². The second-order valence-electron chi connectivity index (χ2n) is 5.35. The second-order valence-corrected chi connectivity index (χ2v) is 5.73. The van der Waals surface area contributed by atoms with Crippen LogP contribution in [0.25, 0.3) is 0 Å². The fourth-order valence-corrected chi connectivity index (χ4v) is 2.86. The molecule has 1 saturated carbocycles. The molecule has 0 heterocycles. The average molecular weight is 276 g/mol. The number of carbonyl (C=O) groups is 1. The van der Waals surface area contributed by atoms with E-state index in [1.165, 1.54) is 6.42 Å². The highest BCUT2D eigenvalue weighted by Gasteiger charge is 2.38. The molecule has 3 nitrogen and oxygen atoms in total. The van der Waals surface area contributed by atoms with Crippen molar-refractivity contribution >= 4 is 17.5 Å². The molecule has 1 N–H and O–H groups in total. The molecule has 18 heavy (non-hydrogen) atoms. The predicted molar refractivity (Wildman–Crippen MR) is 75.0 cm³/mol. The van der Waals surface area contributed by atoms with Gasteiger partial charge in [0.1, 0.15) is 0 Å². The quantitative estimate of drug-likeness (QED) is 0.657. The number of carbonyl (C=O) groups excluding carboxylic acids is 1. The molecule has 1 atom stereocenters. The van der Waals surface area contributed by atoms with Crippen molar-refractivity contribution in [1.82, 2.24) is 5.32 Å². The standard InChI is InChI=1S/C14H26ClNO2/c1-3-5-12(6-9-15)11-16-13(17)10-14(18-2)7-4-8-14/h12H,3-11H2,1-2H3,(H,16,17). The van der Waals surface area contributed by atoms with Crippen LogP contribution in [0, 0.1) is 5.92 Å². The van der Waals surface area contributed by atoms with Crippen LogP contribution in [0.2, 0.25) is 0 Å². The van der Waals surface area contributed by atoms with Crippen LogP contribution in [0.1, 0.15) is 51.9 Å². The van der Waals surface area contributed by atoms with Gasteiger partial charge in [0, 0.05) is 19.5 Å². The Morgan fingerprint density at radius 3 is 2.61 bits per heavy atom. The van der Waals surface area contributed by atoms with Crippen LogP contribution in [-0.4, -0.2) is 31.0 Å². The SMILES string of the molecule is CCCC(CCCl)CNC(=O)CC1(OC)CCC1. The number of hydrogen-bond acceptors (Lipinski definition) is 2. The predicted octanol–water partition coefficient (Wildman–Crippen LogP) is 3.11. The van der Waals surface area contributed by atoms with Crippen LogP contribution in [0.3, 0.4) is 0 Å². The molecule has 1 aliphatic rings. The number of amides is 1. The lowest BCUT2D eigenvalue weighted by molar-refractivity contribution is -0.134. The Balaban J connectivity index is 2.26. The van der Waals surface area contributed by atoms with Crippen LogP contribution in [0.4, 0.5) is 0 Å². The zero-order valence-corrected chi connectivity index (χ0v) is 12.4. The lowest BCUT2D eigenvalue weighted by Crippen LogP contribution is -2.44. The maximum Gasteiger partial charge on any atom is 0.222 e. The van der Waals surface area contributed by atoms with Crippen molar-refractivity contribution in [2.75, 3.05) is 19.5 Å². The summed E-state index contributed by atoms with van der Waals surface area (Å²) < 4.78 is 5.46. The van der Waals surface area contributed by atoms with Crippen LogP contribution >= 0.6 is 11.6 Å². The van der Waals surface area contributed by atoms with Gasteiger partial charge in [-0.25, -0.2) is 0 Å². The number of alkyl halides is 1. The first-order chi connectivity index (χ1) is 8.65. The summed E-state index contributed by atoms with van der Waals surface area (Å²) >= 11 is 5.78. The van der Waals surface area contributed by atoms with Crippen molar-refractivity contribution in [2.24, 2.45) is 5.92 Å². The largest absolute Gasteiger partial charge is 0.378 e. The molecule has 0 radical (unpaired) electrons. The molecular weight excluding hydrogens is 250 g/mol. The summed E-state index contributed by atoms with van der Waals surface area (Å²) in [5, 5.41) is 3.03. The van der Waals surface area contributed by atoms with E-state index in [1.54, 1.807) is 7.11 Å². The van der Waals surface area contributed by atoms with Crippen LogP contribution in [-0.2, 0) is 9.53 Å². The fourth-order valence-electron chi connectivity index (χ4n) is 2.55. The highest BCUT2D eigenvalue weighted by molar-refractivity contribution is 6.17. The van der Waals surface area contributed by atoms with E-state index in [2.05, 4.69) is 12.2 Å². The molecule has 0 aromatic rings. The Kier molecular flexibility index (Phi) is 7.02. The number of hydrogen-bond donors (Lipinski definition) is 1. The molecule has 1 fully saturated rings. The molecule has 0 bridgehead atoms. The highest BCUT2D eigenvalue weighted by Crippen LogP contribution is 2.37. The Morgan fingerprint density at radius 1 is 1.44 bits per heavy atom. The molecule has 1 rings (SSSR count). The third kappa shape index (κ3) is 4.77. The summed E-state index contributed by atoms with van der Waals surface area (Å²) in [5.41, 5.74) is -0.170. The second kappa shape index (κ2) is 8.00. The molecule has 0 aromatic carbocycles. The number of halogens is 1. The molecule has 4 heteroatoms. The molecule has 0 spiro atoms. The lowest BCUT2D eigenvalue weighted by atomic mass is 9.77. The lowest BCUT2D eigenvalue weighted by Gasteiger charge is -2.40. The zero-order chi connectivity index (χ0) is 13.4. The van der Waals surface area contributed by atoms with E-state index >= 15 is 0 Å². The molecule has 1 unspecified atom stereocenters. The van der Waals surface area contributed by atoms with Gasteiger partial charge in [-0.3, -0.25) is 4.79 Å². The van der Waals surface area contributed by atoms with Gasteiger partial charge in [-0.2, -0.15) is 0 Å². The van der Waals surface area contributed by atoms with Gasteiger partial charge in [-0.1, -0.05) is 13.3 Å². The van der Waals surface area contributed by atoms with E-state index < -0.39 is 0 Å². The zero-order valence-electron chi connectivity index (χ0n) is 11.6. The monoisotopic (exact) mass is 275 g/mol. The minimum absolute atomic E-state index is 0.118. The van der Waals surface area contributed by atoms with Gasteiger partial charge in [0.25, 0.3) is 0 Å². The molecular formula is C14H26ClNO2. The van der Waals surface area contributed by atoms with Gasteiger partial charge in [-0.05, 0) is 38.0 Å². The van der Waals surface area contributed by atoms with Gasteiger partial charge in [-0.15, -0.1) is 11.6 Å². The normalized spacial score (nSPS) is 19.1. The number of rotatable bonds is 9. The summed E-state index contributed by atoms with van der Waals surface area (Å²) in [5.74, 6) is 1.30. The van der Waals surface area contributed by atoms with Crippen molar-refractivity contribution in [3.05, 3.63) is 0 Å². The number of ether oxygens (including phenoxy) is 1. The van der Waals surface area contributed by atoms with Gasteiger partial charge < -0.3 is 10.1 Å². The van der Waals surface area contributed by atoms with Crippen molar-refractivity contribution in [1.29, 1.82) is 0 Å². The number of nitrogens with one attached hydrogen (secondary N) is 1. The summed E-state index contributed by atoms with van der Waals surface area (Å²) in [7, 11) is 1.71. The topological polar surface area (TPSA) is 38.3 Å². The van der Waals surface area contributed by atoms with Crippen LogP contribution < -0.4 is 5.32 Å². The average Bonchev–Trinajstić information content (AvgIpc) is 2.31. The molecule has 0 saturated heterocycles. The summed E-state index contributed by atoms with van der Waals surface area (Å²) in [6.07, 6.45) is 6.94. The van der Waals surface area contributed by atoms with E-state index in [0.717, 1.165) is 38.6 Å². The van der Waals surface area contributed by atoms with Crippen LogP contribution in [0.15, 0.2) is 0 Å². The molecule has 1 amide bonds. The van der Waals surface area contributed by atoms with E-state index in [9.17, 15) is 4.79 Å². The summed E-state index contributed by atoms with van der Waals surface area (Å²) in [6.45, 7) is 2.91. The molecule has 0 aromatic heterocycles. The van der Waals surface area contributed by atoms with Crippen molar-refractivity contribution < 1.29 is 9.53 Å².